The van der Waals surface area contributed by atoms with Crippen LogP contribution >= 0.6 is 0 Å². The van der Waals surface area contributed by atoms with Crippen LogP contribution < -0.4 is 5.32 Å². The van der Waals surface area contributed by atoms with Crippen LogP contribution in [-0.4, -0.2) is 41.0 Å². The molecule has 2 aromatic carbocycles. The van der Waals surface area contributed by atoms with E-state index in [9.17, 15) is 14.1 Å². The highest BCUT2D eigenvalue weighted by Crippen LogP contribution is 2.41. The maximum Gasteiger partial charge on any atom is 0.282 e. The fourth-order valence-corrected chi connectivity index (χ4v) is 5.47. The van der Waals surface area contributed by atoms with Gasteiger partial charge in [-0.1, -0.05) is 40.9 Å². The monoisotopic (exact) mass is 421 g/mol. The predicted octanol–water partition coefficient (Wildman–Crippen LogP) is 3.97. The zero-order valence-electron chi connectivity index (χ0n) is 17.8. The average Bonchev–Trinajstić information content (AvgIpc) is 2.83. The number of piperidine rings is 2. The molecule has 3 aliphatic heterocycles. The molecule has 4 atom stereocenters. The third kappa shape index (κ3) is 3.53. The first-order valence-electron chi connectivity index (χ1n) is 11.3. The molecule has 162 valence electrons. The maximum absolute atomic E-state index is 14.9. The molecule has 2 saturated heterocycles. The minimum Gasteiger partial charge on any atom is -0.335 e. The van der Waals surface area contributed by atoms with E-state index in [1.165, 1.54) is 0 Å². The van der Waals surface area contributed by atoms with E-state index in [-0.39, 0.29) is 23.9 Å². The summed E-state index contributed by atoms with van der Waals surface area (Å²) in [6.07, 6.45) is 3.61. The molecule has 0 saturated carbocycles. The van der Waals surface area contributed by atoms with Gasteiger partial charge in [0.05, 0.1) is 18.0 Å². The topological polar surface area (TPSA) is 52.7 Å². The third-order valence-corrected chi connectivity index (χ3v) is 7.22. The molecule has 0 spiro atoms. The van der Waals surface area contributed by atoms with E-state index in [0.29, 0.717) is 23.7 Å². The van der Waals surface area contributed by atoms with Gasteiger partial charge in [-0.05, 0) is 68.0 Å². The normalized spacial score (nSPS) is 25.8. The minimum atomic E-state index is -0.662. The molecule has 0 bridgehead atoms. The van der Waals surface area contributed by atoms with Crippen molar-refractivity contribution in [2.45, 2.75) is 50.7 Å². The summed E-state index contributed by atoms with van der Waals surface area (Å²) in [5.74, 6) is -0.284. The van der Waals surface area contributed by atoms with Crippen LogP contribution in [0.2, 0.25) is 0 Å². The lowest BCUT2D eigenvalue weighted by molar-refractivity contribution is -0.145. The van der Waals surface area contributed by atoms with Gasteiger partial charge in [-0.2, -0.15) is 5.12 Å². The molecular formula is C25H28FN3O2. The number of carbonyl (C=O) groups excluding carboxylic acids is 2. The number of halogens is 1. The Hall–Kier alpha value is -2.73. The molecule has 0 radical (unpaired) electrons. The fraction of sp³-hybridized carbons (Fsp3) is 0.440. The number of hydrogen-bond acceptors (Lipinski definition) is 3. The van der Waals surface area contributed by atoms with E-state index >= 15 is 0 Å². The molecule has 0 aliphatic carbocycles. The predicted molar refractivity (Wildman–Crippen MR) is 116 cm³/mol. The third-order valence-electron chi connectivity index (χ3n) is 7.22. The second kappa shape index (κ2) is 8.08. The quantitative estimate of drug-likeness (QED) is 0.763. The maximum atomic E-state index is 14.9. The Morgan fingerprint density at radius 3 is 2.84 bits per heavy atom. The minimum absolute atomic E-state index is 0.0389. The van der Waals surface area contributed by atoms with Gasteiger partial charge < -0.3 is 10.2 Å². The van der Waals surface area contributed by atoms with E-state index in [1.807, 2.05) is 47.4 Å². The van der Waals surface area contributed by atoms with Gasteiger partial charge in [0, 0.05) is 18.2 Å². The first-order chi connectivity index (χ1) is 15.0. The van der Waals surface area contributed by atoms with Crippen LogP contribution in [0.4, 0.5) is 4.48 Å². The van der Waals surface area contributed by atoms with E-state index < -0.39 is 11.9 Å². The molecule has 2 fully saturated rings. The highest BCUT2D eigenvalue weighted by atomic mass is 19.2. The SMILES string of the molecule is C[C@H](c1ccccc1)N(F)C(=O)c1ccc2c(c1)CCN1C(=O)[C@@H]3CCCN[C@@H]3C[C@@H]21. The fourth-order valence-electron chi connectivity index (χ4n) is 5.47. The van der Waals surface area contributed by atoms with Crippen molar-refractivity contribution in [3.05, 3.63) is 70.8 Å². The van der Waals surface area contributed by atoms with Gasteiger partial charge in [-0.15, -0.1) is 0 Å². The molecule has 0 aromatic heterocycles. The van der Waals surface area contributed by atoms with E-state index in [0.717, 1.165) is 42.5 Å². The van der Waals surface area contributed by atoms with Gasteiger partial charge in [-0.25, -0.2) is 0 Å². The van der Waals surface area contributed by atoms with Crippen LogP contribution in [0.25, 0.3) is 0 Å². The summed E-state index contributed by atoms with van der Waals surface area (Å²) in [6, 6.07) is 14.2. The van der Waals surface area contributed by atoms with E-state index in [1.54, 1.807) is 13.0 Å². The second-order valence-corrected chi connectivity index (χ2v) is 8.96. The molecule has 3 heterocycles. The van der Waals surface area contributed by atoms with Crippen molar-refractivity contribution in [3.63, 3.8) is 0 Å². The number of nitrogens with zero attached hydrogens (tertiary/aromatic N) is 2. The lowest BCUT2D eigenvalue weighted by Crippen LogP contribution is -2.57. The molecule has 5 nitrogen and oxygen atoms in total. The Labute approximate surface area is 182 Å². The molecule has 31 heavy (non-hydrogen) atoms. The summed E-state index contributed by atoms with van der Waals surface area (Å²) in [7, 11) is 0. The van der Waals surface area contributed by atoms with Crippen molar-refractivity contribution in [2.24, 2.45) is 5.92 Å². The highest BCUT2D eigenvalue weighted by Gasteiger charge is 2.45. The zero-order valence-corrected chi connectivity index (χ0v) is 17.8. The molecule has 0 unspecified atom stereocenters. The van der Waals surface area contributed by atoms with Crippen LogP contribution in [-0.2, 0) is 11.2 Å². The molecule has 5 rings (SSSR count). The Balaban J connectivity index is 1.38. The van der Waals surface area contributed by atoms with Gasteiger partial charge >= 0.3 is 0 Å². The lowest BCUT2D eigenvalue weighted by Gasteiger charge is -2.48. The lowest BCUT2D eigenvalue weighted by atomic mass is 9.77. The first kappa shape index (κ1) is 20.2. The molecule has 2 aromatic rings. The summed E-state index contributed by atoms with van der Waals surface area (Å²) in [6.45, 7) is 3.31. The molecule has 2 amide bonds. The van der Waals surface area contributed by atoms with E-state index in [4.69, 9.17) is 0 Å². The summed E-state index contributed by atoms with van der Waals surface area (Å²) < 4.78 is 14.9. The molecule has 1 N–H and O–H groups in total. The van der Waals surface area contributed by atoms with Crippen molar-refractivity contribution < 1.29 is 14.1 Å². The number of rotatable bonds is 3. The smallest absolute Gasteiger partial charge is 0.282 e. The molecule has 6 heteroatoms. The van der Waals surface area contributed by atoms with E-state index in [2.05, 4.69) is 5.32 Å². The van der Waals surface area contributed by atoms with Crippen molar-refractivity contribution in [1.82, 2.24) is 15.3 Å². The van der Waals surface area contributed by atoms with Crippen LogP contribution in [0.5, 0.6) is 0 Å². The number of hydrogen-bond donors (Lipinski definition) is 1. The highest BCUT2D eigenvalue weighted by molar-refractivity contribution is 5.94. The van der Waals surface area contributed by atoms with Crippen LogP contribution in [0.1, 0.15) is 65.3 Å². The molecular weight excluding hydrogens is 393 g/mol. The summed E-state index contributed by atoms with van der Waals surface area (Å²) in [5.41, 5.74) is 3.26. The van der Waals surface area contributed by atoms with Crippen LogP contribution in [0, 0.1) is 5.92 Å². The van der Waals surface area contributed by atoms with Crippen LogP contribution in [0.15, 0.2) is 48.5 Å². The van der Waals surface area contributed by atoms with Gasteiger partial charge in [0.25, 0.3) is 5.91 Å². The largest absolute Gasteiger partial charge is 0.335 e. The first-order valence-corrected chi connectivity index (χ1v) is 11.3. The zero-order chi connectivity index (χ0) is 21.5. The number of benzene rings is 2. The van der Waals surface area contributed by atoms with Gasteiger partial charge in [0.2, 0.25) is 5.91 Å². The second-order valence-electron chi connectivity index (χ2n) is 8.96. The Kier molecular flexibility index (Phi) is 5.26. The molecule has 3 aliphatic rings. The van der Waals surface area contributed by atoms with Gasteiger partial charge in [0.15, 0.2) is 0 Å². The van der Waals surface area contributed by atoms with Crippen molar-refractivity contribution in [2.75, 3.05) is 13.1 Å². The van der Waals surface area contributed by atoms with Gasteiger partial charge in [-0.3, -0.25) is 9.59 Å². The Morgan fingerprint density at radius 2 is 2.03 bits per heavy atom. The Bertz CT molecular complexity index is 996. The number of amides is 2. The Morgan fingerprint density at radius 1 is 1.23 bits per heavy atom. The average molecular weight is 422 g/mol. The van der Waals surface area contributed by atoms with Crippen molar-refractivity contribution in [1.29, 1.82) is 0 Å². The van der Waals surface area contributed by atoms with Crippen LogP contribution in [0.3, 0.4) is 0 Å². The standard InChI is InChI=1S/C25H28FN3O2/c1-16(17-6-3-2-4-7-17)29(26)24(30)19-9-10-20-18(14-19)11-13-28-23(20)15-22-21(25(28)31)8-5-12-27-22/h2-4,6-7,9-10,14,16,21-23,27H,5,8,11-13,15H2,1H3/t16-,21-,22-,23+/m1/s1. The van der Waals surface area contributed by atoms with Crippen molar-refractivity contribution in [3.8, 4) is 0 Å². The van der Waals surface area contributed by atoms with Gasteiger partial charge in [0.1, 0.15) is 0 Å². The summed E-state index contributed by atoms with van der Waals surface area (Å²) in [4.78, 5) is 27.9. The number of nitrogens with one attached hydrogen (secondary N) is 1. The summed E-state index contributed by atoms with van der Waals surface area (Å²) in [5, 5.41) is 3.84. The number of carbonyl (C=O) groups is 2. The number of fused-ring (bicyclic) bond motifs is 4. The summed E-state index contributed by atoms with van der Waals surface area (Å²) >= 11 is 0. The van der Waals surface area contributed by atoms with Crippen molar-refractivity contribution >= 4 is 11.8 Å².